The molecule has 0 aliphatic rings. The summed E-state index contributed by atoms with van der Waals surface area (Å²) in [6, 6.07) is 14.8. The fraction of sp³-hybridized carbons (Fsp3) is 0.217. The van der Waals surface area contributed by atoms with Gasteiger partial charge in [0.1, 0.15) is 16.8 Å². The van der Waals surface area contributed by atoms with Crippen LogP contribution in [0.3, 0.4) is 0 Å². The zero-order chi connectivity index (χ0) is 22.5. The summed E-state index contributed by atoms with van der Waals surface area (Å²) in [5.41, 5.74) is 3.68. The summed E-state index contributed by atoms with van der Waals surface area (Å²) >= 11 is 6.25. The fourth-order valence-electron chi connectivity index (χ4n) is 3.04. The van der Waals surface area contributed by atoms with Crippen LogP contribution in [0.2, 0.25) is 5.15 Å². The summed E-state index contributed by atoms with van der Waals surface area (Å²) in [6.07, 6.45) is 0.169. The van der Waals surface area contributed by atoms with Crippen LogP contribution in [0.5, 0.6) is 0 Å². The molecule has 0 aliphatic carbocycles. The maximum Gasteiger partial charge on any atom is 0.308 e. The molecular formula is C23H23ClN4O3. The first-order valence-electron chi connectivity index (χ1n) is 9.64. The first-order chi connectivity index (χ1) is 14.7. The predicted octanol–water partition coefficient (Wildman–Crippen LogP) is 3.97. The predicted molar refractivity (Wildman–Crippen MR) is 121 cm³/mol. The van der Waals surface area contributed by atoms with Crippen LogP contribution in [0.15, 0.2) is 48.5 Å². The Morgan fingerprint density at radius 1 is 1.03 bits per heavy atom. The van der Waals surface area contributed by atoms with Gasteiger partial charge in [0.15, 0.2) is 0 Å². The van der Waals surface area contributed by atoms with Crippen molar-refractivity contribution in [3.05, 3.63) is 81.8 Å². The average molecular weight is 439 g/mol. The zero-order valence-electron chi connectivity index (χ0n) is 17.5. The monoisotopic (exact) mass is 438 g/mol. The Bertz CT molecular complexity index is 1100. The van der Waals surface area contributed by atoms with E-state index in [1.54, 1.807) is 31.1 Å². The Hall–Kier alpha value is -3.45. The van der Waals surface area contributed by atoms with Crippen molar-refractivity contribution < 1.29 is 14.7 Å². The van der Waals surface area contributed by atoms with Gasteiger partial charge in [-0.2, -0.15) is 0 Å². The van der Waals surface area contributed by atoms with Crippen molar-refractivity contribution in [1.82, 2.24) is 9.97 Å². The third-order valence-electron chi connectivity index (χ3n) is 4.62. The van der Waals surface area contributed by atoms with Crippen LogP contribution in [0.1, 0.15) is 32.9 Å². The summed E-state index contributed by atoms with van der Waals surface area (Å²) in [5, 5.41) is 12.1. The van der Waals surface area contributed by atoms with Gasteiger partial charge < -0.3 is 15.3 Å². The highest BCUT2D eigenvalue weighted by Crippen LogP contribution is 2.25. The molecule has 0 fully saturated rings. The lowest BCUT2D eigenvalue weighted by molar-refractivity contribution is -0.136. The Balaban J connectivity index is 1.74. The van der Waals surface area contributed by atoms with Crippen molar-refractivity contribution in [3.8, 4) is 0 Å². The molecule has 31 heavy (non-hydrogen) atoms. The molecule has 7 nitrogen and oxygen atoms in total. The first kappa shape index (κ1) is 22.2. The van der Waals surface area contributed by atoms with Crippen molar-refractivity contribution in [1.29, 1.82) is 0 Å². The van der Waals surface area contributed by atoms with Gasteiger partial charge in [0, 0.05) is 37.3 Å². The van der Waals surface area contributed by atoms with Crippen LogP contribution in [-0.2, 0) is 17.6 Å². The number of rotatable bonds is 7. The van der Waals surface area contributed by atoms with Crippen molar-refractivity contribution in [3.63, 3.8) is 0 Å². The molecule has 0 aliphatic heterocycles. The number of anilines is 2. The van der Waals surface area contributed by atoms with Crippen LogP contribution in [0.4, 0.5) is 11.5 Å². The van der Waals surface area contributed by atoms with E-state index in [0.29, 0.717) is 34.9 Å². The number of aryl methyl sites for hydroxylation is 1. The summed E-state index contributed by atoms with van der Waals surface area (Å²) in [5.74, 6) is -0.198. The highest BCUT2D eigenvalue weighted by Gasteiger charge is 2.17. The van der Waals surface area contributed by atoms with Crippen molar-refractivity contribution in [2.45, 2.75) is 19.8 Å². The van der Waals surface area contributed by atoms with Gasteiger partial charge in [-0.25, -0.2) is 9.97 Å². The topological polar surface area (TPSA) is 95.4 Å². The van der Waals surface area contributed by atoms with Crippen LogP contribution in [0.25, 0.3) is 0 Å². The maximum absolute atomic E-state index is 12.4. The number of carbonyl (C=O) groups is 2. The number of nitrogens with zero attached hydrogens (tertiary/aromatic N) is 3. The molecule has 2 aromatic carbocycles. The van der Waals surface area contributed by atoms with E-state index in [1.807, 2.05) is 43.3 Å². The highest BCUT2D eigenvalue weighted by atomic mass is 35.5. The smallest absolute Gasteiger partial charge is 0.308 e. The van der Waals surface area contributed by atoms with Crippen molar-refractivity contribution >= 4 is 35.0 Å². The van der Waals surface area contributed by atoms with Gasteiger partial charge in [0.05, 0.1) is 6.42 Å². The van der Waals surface area contributed by atoms with Gasteiger partial charge in [-0.1, -0.05) is 41.4 Å². The van der Waals surface area contributed by atoms with Crippen LogP contribution in [-0.4, -0.2) is 41.0 Å². The first-order valence-corrected chi connectivity index (χ1v) is 10.0. The number of halogens is 1. The second-order valence-electron chi connectivity index (χ2n) is 7.39. The van der Waals surface area contributed by atoms with E-state index in [1.165, 1.54) is 0 Å². The van der Waals surface area contributed by atoms with E-state index >= 15 is 0 Å². The lowest BCUT2D eigenvalue weighted by atomic mass is 10.1. The summed E-state index contributed by atoms with van der Waals surface area (Å²) in [4.78, 5) is 34.0. The molecule has 0 saturated heterocycles. The standard InChI is InChI=1S/C23H23ClN4O3/c1-14-4-8-16(9-5-14)23(31)25-17-10-6-15(7-11-17)12-19-26-21(24)18(13-20(29)30)22(27-19)28(2)3/h4-11H,12-13H2,1-3H3,(H,25,31)(H,29,30). The molecule has 3 rings (SSSR count). The molecule has 0 radical (unpaired) electrons. The molecule has 0 spiro atoms. The van der Waals surface area contributed by atoms with Crippen LogP contribution < -0.4 is 10.2 Å². The van der Waals surface area contributed by atoms with Gasteiger partial charge in [-0.3, -0.25) is 9.59 Å². The minimum Gasteiger partial charge on any atom is -0.481 e. The number of hydrogen-bond acceptors (Lipinski definition) is 5. The fourth-order valence-corrected chi connectivity index (χ4v) is 3.29. The zero-order valence-corrected chi connectivity index (χ0v) is 18.3. The number of aliphatic carboxylic acids is 1. The Kier molecular flexibility index (Phi) is 6.87. The van der Waals surface area contributed by atoms with Crippen LogP contribution >= 0.6 is 11.6 Å². The summed E-state index contributed by atoms with van der Waals surface area (Å²) in [6.45, 7) is 1.97. The largest absolute Gasteiger partial charge is 0.481 e. The Morgan fingerprint density at radius 2 is 1.68 bits per heavy atom. The molecule has 0 bridgehead atoms. The number of carboxylic acid groups (broad SMARTS) is 1. The van der Waals surface area contributed by atoms with Crippen molar-refractivity contribution in [2.24, 2.45) is 0 Å². The number of benzene rings is 2. The molecule has 1 aromatic heterocycles. The third-order valence-corrected chi connectivity index (χ3v) is 4.93. The van der Waals surface area contributed by atoms with Gasteiger partial charge >= 0.3 is 5.97 Å². The minimum absolute atomic E-state index is 0.137. The van der Waals surface area contributed by atoms with E-state index in [-0.39, 0.29) is 17.5 Å². The quantitative estimate of drug-likeness (QED) is 0.542. The second-order valence-corrected chi connectivity index (χ2v) is 7.75. The Labute approximate surface area is 185 Å². The van der Waals surface area contributed by atoms with E-state index in [9.17, 15) is 9.59 Å². The molecule has 1 amide bonds. The molecule has 160 valence electrons. The third kappa shape index (κ3) is 5.79. The second kappa shape index (κ2) is 9.57. The van der Waals surface area contributed by atoms with Gasteiger partial charge in [-0.15, -0.1) is 0 Å². The molecule has 0 unspecified atom stereocenters. The van der Waals surface area contributed by atoms with E-state index in [0.717, 1.165) is 11.1 Å². The molecule has 3 aromatic rings. The average Bonchev–Trinajstić information content (AvgIpc) is 2.71. The van der Waals surface area contributed by atoms with E-state index in [2.05, 4.69) is 15.3 Å². The number of amides is 1. The highest BCUT2D eigenvalue weighted by molar-refractivity contribution is 6.30. The lowest BCUT2D eigenvalue weighted by Crippen LogP contribution is -2.18. The lowest BCUT2D eigenvalue weighted by Gasteiger charge is -2.17. The maximum atomic E-state index is 12.4. The molecule has 8 heteroatoms. The van der Waals surface area contributed by atoms with E-state index < -0.39 is 5.97 Å². The van der Waals surface area contributed by atoms with Gasteiger partial charge in [0.2, 0.25) is 0 Å². The van der Waals surface area contributed by atoms with Gasteiger partial charge in [0.25, 0.3) is 5.91 Å². The molecule has 0 atom stereocenters. The number of carbonyl (C=O) groups excluding carboxylic acids is 1. The van der Waals surface area contributed by atoms with Crippen molar-refractivity contribution in [2.75, 3.05) is 24.3 Å². The number of nitrogens with one attached hydrogen (secondary N) is 1. The molecular weight excluding hydrogens is 416 g/mol. The molecule has 2 N–H and O–H groups in total. The minimum atomic E-state index is -0.996. The molecule has 1 heterocycles. The summed E-state index contributed by atoms with van der Waals surface area (Å²) in [7, 11) is 3.55. The number of carboxylic acids is 1. The molecule has 0 saturated carbocycles. The number of hydrogen-bond donors (Lipinski definition) is 2. The summed E-state index contributed by atoms with van der Waals surface area (Å²) < 4.78 is 0. The van der Waals surface area contributed by atoms with Gasteiger partial charge in [-0.05, 0) is 36.8 Å². The normalized spacial score (nSPS) is 10.6. The SMILES string of the molecule is Cc1ccc(C(=O)Nc2ccc(Cc3nc(Cl)c(CC(=O)O)c(N(C)C)n3)cc2)cc1. The van der Waals surface area contributed by atoms with Crippen LogP contribution in [0, 0.1) is 6.92 Å². The number of aromatic nitrogens is 2. The van der Waals surface area contributed by atoms with E-state index in [4.69, 9.17) is 16.7 Å². The Morgan fingerprint density at radius 3 is 2.26 bits per heavy atom.